The minimum Gasteiger partial charge on any atom is -0.353 e. The van der Waals surface area contributed by atoms with Gasteiger partial charge < -0.3 is 36.5 Å². The molecule has 1 saturated heterocycles. The molecule has 2 heterocycles. The fourth-order valence-corrected chi connectivity index (χ4v) is 4.73. The van der Waals surface area contributed by atoms with Gasteiger partial charge in [0.15, 0.2) is 0 Å². The Morgan fingerprint density at radius 1 is 1.07 bits per heavy atom. The Balaban J connectivity index is 1.89. The first-order chi connectivity index (χ1) is 20.0. The summed E-state index contributed by atoms with van der Waals surface area (Å²) in [7, 11) is 1.49. The number of nitrogens with two attached hydrogens (primary N) is 1. The molecule has 42 heavy (non-hydrogen) atoms. The fraction of sp³-hybridized carbons (Fsp3) is 0.517. The molecular formula is C29H42N8O5. The molecule has 2 aromatic rings. The predicted molar refractivity (Wildman–Crippen MR) is 156 cm³/mol. The third-order valence-corrected chi connectivity index (χ3v) is 7.20. The summed E-state index contributed by atoms with van der Waals surface area (Å²) >= 11 is 0. The first-order valence-electron chi connectivity index (χ1n) is 14.2. The van der Waals surface area contributed by atoms with E-state index in [9.17, 15) is 24.0 Å². The van der Waals surface area contributed by atoms with Crippen molar-refractivity contribution in [1.82, 2.24) is 35.7 Å². The van der Waals surface area contributed by atoms with E-state index in [1.54, 1.807) is 13.1 Å². The Bertz CT molecular complexity index is 1220. The maximum Gasteiger partial charge on any atom is 0.245 e. The number of imidazole rings is 1. The Morgan fingerprint density at radius 2 is 1.79 bits per heavy atom. The fourth-order valence-electron chi connectivity index (χ4n) is 4.73. The van der Waals surface area contributed by atoms with Crippen LogP contribution in [0.3, 0.4) is 0 Å². The summed E-state index contributed by atoms with van der Waals surface area (Å²) in [5.41, 5.74) is 7.69. The number of nitrogens with zero attached hydrogens (tertiary/aromatic N) is 3. The third kappa shape index (κ3) is 9.13. The van der Waals surface area contributed by atoms with Crippen molar-refractivity contribution in [2.75, 3.05) is 26.7 Å². The molecule has 0 spiro atoms. The van der Waals surface area contributed by atoms with E-state index in [0.29, 0.717) is 12.1 Å². The van der Waals surface area contributed by atoms with Gasteiger partial charge in [-0.2, -0.15) is 0 Å². The van der Waals surface area contributed by atoms with Crippen molar-refractivity contribution in [3.63, 3.8) is 0 Å². The van der Waals surface area contributed by atoms with Gasteiger partial charge in [-0.1, -0.05) is 44.2 Å². The SMILES string of the molecule is CC(C)C[C@@H]1NC(=O)CN(C(=O)[C@@H](N)Cc2cnc[nH]2)CCNC(=O)[C@H](Cc2ccccc2)NC(=O)[C@H](C)N(C)C1=O. The van der Waals surface area contributed by atoms with Crippen LogP contribution < -0.4 is 21.7 Å². The van der Waals surface area contributed by atoms with Gasteiger partial charge in [-0.25, -0.2) is 4.98 Å². The number of amides is 5. The Kier molecular flexibility index (Phi) is 11.6. The van der Waals surface area contributed by atoms with Crippen LogP contribution in [0.5, 0.6) is 0 Å². The molecule has 1 fully saturated rings. The van der Waals surface area contributed by atoms with Crippen LogP contribution in [0, 0.1) is 5.92 Å². The van der Waals surface area contributed by atoms with Gasteiger partial charge in [0.25, 0.3) is 0 Å². The molecule has 1 aliphatic rings. The van der Waals surface area contributed by atoms with Gasteiger partial charge in [-0.15, -0.1) is 0 Å². The number of benzene rings is 1. The van der Waals surface area contributed by atoms with Crippen LogP contribution in [0.15, 0.2) is 42.9 Å². The number of nitrogens with one attached hydrogen (secondary N) is 4. The van der Waals surface area contributed by atoms with Gasteiger partial charge >= 0.3 is 0 Å². The number of hydrogen-bond acceptors (Lipinski definition) is 7. The van der Waals surface area contributed by atoms with Crippen LogP contribution in [0.2, 0.25) is 0 Å². The van der Waals surface area contributed by atoms with E-state index in [1.807, 2.05) is 44.2 Å². The van der Waals surface area contributed by atoms with E-state index in [1.165, 1.54) is 23.2 Å². The molecule has 6 N–H and O–H groups in total. The van der Waals surface area contributed by atoms with E-state index < -0.39 is 53.7 Å². The van der Waals surface area contributed by atoms with Crippen LogP contribution in [0.4, 0.5) is 0 Å². The van der Waals surface area contributed by atoms with Crippen molar-refractivity contribution in [1.29, 1.82) is 0 Å². The van der Waals surface area contributed by atoms with Crippen molar-refractivity contribution in [3.8, 4) is 0 Å². The average molecular weight is 583 g/mol. The number of aromatic nitrogens is 2. The summed E-state index contributed by atoms with van der Waals surface area (Å²) in [6, 6.07) is 5.49. The molecule has 228 valence electrons. The Labute approximate surface area is 246 Å². The Hall–Kier alpha value is -4.26. The van der Waals surface area contributed by atoms with E-state index in [2.05, 4.69) is 25.9 Å². The zero-order valence-electron chi connectivity index (χ0n) is 24.6. The van der Waals surface area contributed by atoms with Gasteiger partial charge in [-0.3, -0.25) is 24.0 Å². The monoisotopic (exact) mass is 582 g/mol. The maximum atomic E-state index is 13.5. The minimum atomic E-state index is -0.971. The lowest BCUT2D eigenvalue weighted by Crippen LogP contribution is -2.57. The number of carbonyl (C=O) groups is 5. The summed E-state index contributed by atoms with van der Waals surface area (Å²) in [6.45, 7) is 5.04. The molecule has 4 atom stereocenters. The quantitative estimate of drug-likeness (QED) is 0.287. The number of aromatic amines is 1. The Morgan fingerprint density at radius 3 is 2.43 bits per heavy atom. The minimum absolute atomic E-state index is 0.0135. The lowest BCUT2D eigenvalue weighted by molar-refractivity contribution is -0.143. The zero-order chi connectivity index (χ0) is 30.8. The highest BCUT2D eigenvalue weighted by Crippen LogP contribution is 2.12. The second kappa shape index (κ2) is 15.1. The van der Waals surface area contributed by atoms with Crippen molar-refractivity contribution in [3.05, 3.63) is 54.1 Å². The molecule has 5 amide bonds. The lowest BCUT2D eigenvalue weighted by atomic mass is 10.0. The molecular weight excluding hydrogens is 540 g/mol. The van der Waals surface area contributed by atoms with Crippen LogP contribution >= 0.6 is 0 Å². The largest absolute Gasteiger partial charge is 0.353 e. The highest BCUT2D eigenvalue weighted by molar-refractivity contribution is 5.95. The summed E-state index contributed by atoms with van der Waals surface area (Å²) in [4.78, 5) is 76.0. The molecule has 3 rings (SSSR count). The molecule has 1 aromatic carbocycles. The summed E-state index contributed by atoms with van der Waals surface area (Å²) in [5.74, 6) is -2.41. The smallest absolute Gasteiger partial charge is 0.245 e. The highest BCUT2D eigenvalue weighted by Gasteiger charge is 2.33. The number of carbonyl (C=O) groups excluding carboxylic acids is 5. The molecule has 13 nitrogen and oxygen atoms in total. The molecule has 0 bridgehead atoms. The molecule has 13 heteroatoms. The molecule has 0 unspecified atom stereocenters. The maximum absolute atomic E-state index is 13.5. The van der Waals surface area contributed by atoms with Gasteiger partial charge in [-0.05, 0) is 24.8 Å². The molecule has 0 aliphatic carbocycles. The standard InChI is InChI=1S/C29H42N8O5/c1-18(2)12-24-29(42)36(4)19(3)26(39)35-23(13-20-8-6-5-7-9-20)27(40)32-10-11-37(16-25(38)34-24)28(41)22(30)14-21-15-31-17-33-21/h5-9,15,17-19,22-24H,10-14,16,30H2,1-4H3,(H,31,33)(H,32,40)(H,34,38)(H,35,39)/t19-,22-,23-,24-/m0/s1. The first kappa shape index (κ1) is 32.3. The van der Waals surface area contributed by atoms with Gasteiger partial charge in [0.1, 0.15) is 18.1 Å². The average Bonchev–Trinajstić information content (AvgIpc) is 3.47. The number of rotatable bonds is 7. The summed E-state index contributed by atoms with van der Waals surface area (Å²) in [5, 5.41) is 8.32. The number of H-pyrrole nitrogens is 1. The summed E-state index contributed by atoms with van der Waals surface area (Å²) < 4.78 is 0. The zero-order valence-corrected chi connectivity index (χ0v) is 24.6. The van der Waals surface area contributed by atoms with Crippen LogP contribution in [-0.2, 0) is 36.8 Å². The highest BCUT2D eigenvalue weighted by atomic mass is 16.2. The topological polar surface area (TPSA) is 183 Å². The predicted octanol–water partition coefficient (Wildman–Crippen LogP) is -0.657. The third-order valence-electron chi connectivity index (χ3n) is 7.20. The lowest BCUT2D eigenvalue weighted by Gasteiger charge is -2.31. The molecule has 0 radical (unpaired) electrons. The second-order valence-electron chi connectivity index (χ2n) is 11.1. The van der Waals surface area contributed by atoms with E-state index in [0.717, 1.165) is 5.56 Å². The van der Waals surface area contributed by atoms with Gasteiger partial charge in [0.05, 0.1) is 18.9 Å². The van der Waals surface area contributed by atoms with Crippen molar-refractivity contribution < 1.29 is 24.0 Å². The van der Waals surface area contributed by atoms with Crippen LogP contribution in [-0.4, -0.2) is 100 Å². The van der Waals surface area contributed by atoms with Crippen LogP contribution in [0.1, 0.15) is 38.4 Å². The molecule has 1 aliphatic heterocycles. The molecule has 0 saturated carbocycles. The normalized spacial score (nSPS) is 22.1. The van der Waals surface area contributed by atoms with Crippen molar-refractivity contribution >= 4 is 29.5 Å². The van der Waals surface area contributed by atoms with Crippen molar-refractivity contribution in [2.45, 2.75) is 64.2 Å². The van der Waals surface area contributed by atoms with Gasteiger partial charge in [0.2, 0.25) is 29.5 Å². The van der Waals surface area contributed by atoms with E-state index in [-0.39, 0.29) is 38.4 Å². The number of hydrogen-bond donors (Lipinski definition) is 5. The van der Waals surface area contributed by atoms with Gasteiger partial charge in [0, 0.05) is 44.9 Å². The van der Waals surface area contributed by atoms with E-state index in [4.69, 9.17) is 5.73 Å². The summed E-state index contributed by atoms with van der Waals surface area (Å²) in [6.07, 6.45) is 3.76. The van der Waals surface area contributed by atoms with E-state index >= 15 is 0 Å². The van der Waals surface area contributed by atoms with Crippen LogP contribution in [0.25, 0.3) is 0 Å². The van der Waals surface area contributed by atoms with Crippen molar-refractivity contribution in [2.24, 2.45) is 11.7 Å². The number of likely N-dealkylation sites (N-methyl/N-ethyl adjacent to an activating group) is 1. The first-order valence-corrected chi connectivity index (χ1v) is 14.2. The second-order valence-corrected chi connectivity index (χ2v) is 11.1. The molecule has 1 aromatic heterocycles.